The van der Waals surface area contributed by atoms with Crippen LogP contribution < -0.4 is 5.32 Å². The number of carbonyl (C=O) groups excluding carboxylic acids is 1. The number of rotatable bonds is 4. The molecule has 6 heteroatoms. The molecule has 2 rings (SSSR count). The summed E-state index contributed by atoms with van der Waals surface area (Å²) in [5.41, 5.74) is 0. The van der Waals surface area contributed by atoms with Crippen molar-refractivity contribution >= 4 is 34.8 Å². The number of carbonyl (C=O) groups is 2. The predicted molar refractivity (Wildman–Crippen MR) is 79.0 cm³/mol. The maximum atomic E-state index is 12.2. The molecule has 1 aliphatic rings. The highest BCUT2D eigenvalue weighted by Gasteiger charge is 2.30. The predicted octanol–water partition coefficient (Wildman–Crippen LogP) is 3.47. The van der Waals surface area contributed by atoms with Crippen molar-refractivity contribution in [1.82, 2.24) is 5.32 Å². The Labute approximate surface area is 127 Å². The van der Waals surface area contributed by atoms with Gasteiger partial charge in [0.05, 0.1) is 16.3 Å². The van der Waals surface area contributed by atoms with Gasteiger partial charge in [-0.2, -0.15) is 0 Å². The van der Waals surface area contributed by atoms with Crippen LogP contribution in [0.4, 0.5) is 0 Å². The maximum Gasteiger partial charge on any atom is 0.306 e. The highest BCUT2D eigenvalue weighted by molar-refractivity contribution is 7.16. The third-order valence-electron chi connectivity index (χ3n) is 3.83. The van der Waals surface area contributed by atoms with Crippen molar-refractivity contribution in [3.63, 3.8) is 0 Å². The van der Waals surface area contributed by atoms with Crippen molar-refractivity contribution in [1.29, 1.82) is 0 Å². The average Bonchev–Trinajstić information content (AvgIpc) is 2.85. The van der Waals surface area contributed by atoms with Gasteiger partial charge >= 0.3 is 5.97 Å². The standard InChI is InChI=1S/C14H18ClNO3S/c1-8(11-6-7-12(15)20-11)16-13(17)9-2-4-10(5-3-9)14(18)19/h6-10H,2-5H2,1H3,(H,16,17)(H,18,19). The SMILES string of the molecule is CC(NC(=O)C1CCC(C(=O)O)CC1)c1ccc(Cl)s1. The van der Waals surface area contributed by atoms with Gasteiger partial charge < -0.3 is 10.4 Å². The molecule has 1 amide bonds. The van der Waals surface area contributed by atoms with Gasteiger partial charge in [-0.05, 0) is 44.7 Å². The number of carboxylic acid groups (broad SMARTS) is 1. The van der Waals surface area contributed by atoms with E-state index in [0.29, 0.717) is 30.0 Å². The summed E-state index contributed by atoms with van der Waals surface area (Å²) in [5.74, 6) is -1.08. The van der Waals surface area contributed by atoms with Crippen LogP contribution in [0.5, 0.6) is 0 Å². The van der Waals surface area contributed by atoms with E-state index in [9.17, 15) is 9.59 Å². The molecule has 4 nitrogen and oxygen atoms in total. The minimum atomic E-state index is -0.745. The second kappa shape index (κ2) is 6.59. The fourth-order valence-electron chi connectivity index (χ4n) is 2.57. The highest BCUT2D eigenvalue weighted by atomic mass is 35.5. The first-order valence-electron chi connectivity index (χ1n) is 6.75. The van der Waals surface area contributed by atoms with Gasteiger partial charge in [-0.3, -0.25) is 9.59 Å². The average molecular weight is 316 g/mol. The Morgan fingerprint density at radius 2 is 1.90 bits per heavy atom. The van der Waals surface area contributed by atoms with E-state index in [2.05, 4.69) is 5.32 Å². The van der Waals surface area contributed by atoms with Gasteiger partial charge in [-0.15, -0.1) is 11.3 Å². The third kappa shape index (κ3) is 3.73. The van der Waals surface area contributed by atoms with E-state index in [-0.39, 0.29) is 23.8 Å². The van der Waals surface area contributed by atoms with Crippen LogP contribution in [0.3, 0.4) is 0 Å². The van der Waals surface area contributed by atoms with E-state index in [4.69, 9.17) is 16.7 Å². The molecule has 110 valence electrons. The fourth-order valence-corrected chi connectivity index (χ4v) is 3.63. The molecule has 1 saturated carbocycles. The summed E-state index contributed by atoms with van der Waals surface area (Å²) in [5, 5.41) is 11.9. The second-order valence-corrected chi connectivity index (χ2v) is 7.01. The Morgan fingerprint density at radius 1 is 1.30 bits per heavy atom. The monoisotopic (exact) mass is 315 g/mol. The molecule has 1 aliphatic carbocycles. The van der Waals surface area contributed by atoms with Gasteiger partial charge in [0.15, 0.2) is 0 Å². The number of halogens is 1. The molecule has 20 heavy (non-hydrogen) atoms. The molecule has 1 unspecified atom stereocenters. The van der Waals surface area contributed by atoms with Crippen LogP contribution in [0.15, 0.2) is 12.1 Å². The van der Waals surface area contributed by atoms with Crippen LogP contribution in [-0.2, 0) is 9.59 Å². The van der Waals surface area contributed by atoms with Crippen LogP contribution >= 0.6 is 22.9 Å². The van der Waals surface area contributed by atoms with E-state index >= 15 is 0 Å². The van der Waals surface area contributed by atoms with Crippen molar-refractivity contribution in [2.45, 2.75) is 38.6 Å². The molecule has 1 heterocycles. The summed E-state index contributed by atoms with van der Waals surface area (Å²) in [6.07, 6.45) is 2.49. The molecule has 0 aromatic carbocycles. The van der Waals surface area contributed by atoms with Crippen molar-refractivity contribution in [2.75, 3.05) is 0 Å². The van der Waals surface area contributed by atoms with Gasteiger partial charge in [-0.1, -0.05) is 11.6 Å². The Morgan fingerprint density at radius 3 is 2.40 bits per heavy atom. The van der Waals surface area contributed by atoms with E-state index in [0.717, 1.165) is 4.88 Å². The molecule has 0 bridgehead atoms. The first-order chi connectivity index (χ1) is 9.47. The molecule has 2 N–H and O–H groups in total. The van der Waals surface area contributed by atoms with Crippen LogP contribution in [0, 0.1) is 11.8 Å². The van der Waals surface area contributed by atoms with Crippen LogP contribution in [-0.4, -0.2) is 17.0 Å². The maximum absolute atomic E-state index is 12.2. The van der Waals surface area contributed by atoms with Gasteiger partial charge in [0, 0.05) is 10.8 Å². The molecule has 1 fully saturated rings. The summed E-state index contributed by atoms with van der Waals surface area (Å²) < 4.78 is 0.711. The molecular formula is C14H18ClNO3S. The van der Waals surface area contributed by atoms with Gasteiger partial charge in [0.25, 0.3) is 0 Å². The number of aliphatic carboxylic acids is 1. The second-order valence-electron chi connectivity index (χ2n) is 5.26. The quantitative estimate of drug-likeness (QED) is 0.894. The molecular weight excluding hydrogens is 298 g/mol. The van der Waals surface area contributed by atoms with Crippen LogP contribution in [0.25, 0.3) is 0 Å². The summed E-state index contributed by atoms with van der Waals surface area (Å²) in [4.78, 5) is 24.1. The van der Waals surface area contributed by atoms with E-state index in [1.54, 1.807) is 0 Å². The van der Waals surface area contributed by atoms with Crippen LogP contribution in [0.2, 0.25) is 4.34 Å². The Bertz CT molecular complexity index is 494. The Balaban J connectivity index is 1.85. The molecule has 0 saturated heterocycles. The molecule has 0 spiro atoms. The largest absolute Gasteiger partial charge is 0.481 e. The van der Waals surface area contributed by atoms with E-state index in [1.807, 2.05) is 19.1 Å². The minimum Gasteiger partial charge on any atom is -0.481 e. The molecule has 1 atom stereocenters. The summed E-state index contributed by atoms with van der Waals surface area (Å²) in [6.45, 7) is 1.93. The zero-order valence-electron chi connectivity index (χ0n) is 11.3. The number of nitrogens with one attached hydrogen (secondary N) is 1. The third-order valence-corrected chi connectivity index (χ3v) is 5.24. The number of hydrogen-bond donors (Lipinski definition) is 2. The Hall–Kier alpha value is -1.07. The highest BCUT2D eigenvalue weighted by Crippen LogP contribution is 2.31. The summed E-state index contributed by atoms with van der Waals surface area (Å²) >= 11 is 7.35. The van der Waals surface area contributed by atoms with E-state index in [1.165, 1.54) is 11.3 Å². The zero-order valence-corrected chi connectivity index (χ0v) is 12.8. The van der Waals surface area contributed by atoms with Crippen molar-refractivity contribution in [2.24, 2.45) is 11.8 Å². The lowest BCUT2D eigenvalue weighted by Gasteiger charge is -2.26. The summed E-state index contributed by atoms with van der Waals surface area (Å²) in [7, 11) is 0. The number of carboxylic acids is 1. The lowest BCUT2D eigenvalue weighted by molar-refractivity contribution is -0.144. The van der Waals surface area contributed by atoms with E-state index < -0.39 is 5.97 Å². The molecule has 0 radical (unpaired) electrons. The van der Waals surface area contributed by atoms with Gasteiger partial charge in [0.2, 0.25) is 5.91 Å². The summed E-state index contributed by atoms with van der Waals surface area (Å²) in [6, 6.07) is 3.68. The number of amides is 1. The minimum absolute atomic E-state index is 0.0193. The van der Waals surface area contributed by atoms with Crippen molar-refractivity contribution in [3.8, 4) is 0 Å². The molecule has 1 aromatic rings. The van der Waals surface area contributed by atoms with Crippen molar-refractivity contribution in [3.05, 3.63) is 21.3 Å². The first-order valence-corrected chi connectivity index (χ1v) is 7.95. The van der Waals surface area contributed by atoms with Crippen molar-refractivity contribution < 1.29 is 14.7 Å². The van der Waals surface area contributed by atoms with Gasteiger partial charge in [0.1, 0.15) is 0 Å². The fraction of sp³-hybridized carbons (Fsp3) is 0.571. The lowest BCUT2D eigenvalue weighted by Crippen LogP contribution is -2.35. The van der Waals surface area contributed by atoms with Gasteiger partial charge in [-0.25, -0.2) is 0 Å². The zero-order chi connectivity index (χ0) is 14.7. The number of hydrogen-bond acceptors (Lipinski definition) is 3. The smallest absolute Gasteiger partial charge is 0.306 e. The Kier molecular flexibility index (Phi) is 5.05. The molecule has 0 aliphatic heterocycles. The molecule has 1 aromatic heterocycles. The first kappa shape index (κ1) is 15.3. The normalized spacial score (nSPS) is 24.1. The number of thiophene rings is 1. The topological polar surface area (TPSA) is 66.4 Å². The lowest BCUT2D eigenvalue weighted by atomic mass is 9.81. The van der Waals surface area contributed by atoms with Crippen LogP contribution in [0.1, 0.15) is 43.5 Å².